The van der Waals surface area contributed by atoms with Crippen molar-refractivity contribution >= 4 is 34.1 Å². The predicted molar refractivity (Wildman–Crippen MR) is 121 cm³/mol. The van der Waals surface area contributed by atoms with Crippen LogP contribution in [0.2, 0.25) is 0 Å². The van der Waals surface area contributed by atoms with Gasteiger partial charge in [0.25, 0.3) is 0 Å². The number of fused-ring (bicyclic) bond motifs is 2. The van der Waals surface area contributed by atoms with Gasteiger partial charge in [-0.15, -0.1) is 0 Å². The minimum Gasteiger partial charge on any atom is -0.474 e. The van der Waals surface area contributed by atoms with Crippen LogP contribution in [-0.2, 0) is 0 Å². The molecule has 3 aromatic rings. The Morgan fingerprint density at radius 1 is 1.31 bits per heavy atom. The van der Waals surface area contributed by atoms with E-state index in [2.05, 4.69) is 21.4 Å². The first-order valence-corrected chi connectivity index (χ1v) is 10.4. The fourth-order valence-corrected chi connectivity index (χ4v) is 4.42. The number of carboxylic acid groups (broad SMARTS) is 1. The molecule has 162 valence electrons. The molecule has 1 aromatic carbocycles. The molecule has 9 nitrogen and oxygen atoms in total. The second-order valence-electron chi connectivity index (χ2n) is 8.19. The number of nitrogen functional groups attached to an aromatic ring is 1. The summed E-state index contributed by atoms with van der Waals surface area (Å²) in [6.07, 6.45) is 3.32. The van der Waals surface area contributed by atoms with Crippen molar-refractivity contribution in [1.29, 1.82) is 5.26 Å². The van der Waals surface area contributed by atoms with Crippen molar-refractivity contribution in [3.8, 4) is 23.1 Å². The molecule has 1 aliphatic heterocycles. The molecule has 1 amide bonds. The van der Waals surface area contributed by atoms with Crippen LogP contribution in [0.25, 0.3) is 21.9 Å². The van der Waals surface area contributed by atoms with E-state index < -0.39 is 6.09 Å². The lowest BCUT2D eigenvalue weighted by Gasteiger charge is -2.37. The number of pyridine rings is 2. The van der Waals surface area contributed by atoms with E-state index in [0.717, 1.165) is 33.2 Å². The van der Waals surface area contributed by atoms with Gasteiger partial charge in [-0.2, -0.15) is 5.26 Å². The molecule has 32 heavy (non-hydrogen) atoms. The van der Waals surface area contributed by atoms with Gasteiger partial charge in [-0.1, -0.05) is 0 Å². The Hall–Kier alpha value is -4.06. The number of aromatic nitrogens is 2. The quantitative estimate of drug-likeness (QED) is 0.534. The lowest BCUT2D eigenvalue weighted by Crippen LogP contribution is -2.47. The molecule has 3 heterocycles. The number of carbonyl (C=O) groups is 1. The topological polar surface area (TPSA) is 137 Å². The summed E-state index contributed by atoms with van der Waals surface area (Å²) in [6, 6.07) is 7.53. The number of benzene rings is 1. The molecule has 9 heteroatoms. The Morgan fingerprint density at radius 2 is 2.12 bits per heavy atom. The fourth-order valence-electron chi connectivity index (χ4n) is 4.42. The molecule has 0 saturated heterocycles. The molecule has 1 saturated carbocycles. The minimum absolute atomic E-state index is 0.110. The molecule has 5 rings (SSSR count). The van der Waals surface area contributed by atoms with E-state index in [9.17, 15) is 9.90 Å². The Kier molecular flexibility index (Phi) is 4.70. The van der Waals surface area contributed by atoms with Crippen LogP contribution in [-0.4, -0.2) is 40.4 Å². The highest BCUT2D eigenvalue weighted by Gasteiger charge is 2.37. The van der Waals surface area contributed by atoms with Gasteiger partial charge in [-0.05, 0) is 54.5 Å². The number of nitriles is 1. The molecule has 0 spiro atoms. The molecule has 4 N–H and O–H groups in total. The summed E-state index contributed by atoms with van der Waals surface area (Å²) in [4.78, 5) is 22.0. The largest absolute Gasteiger partial charge is 0.474 e. The minimum atomic E-state index is -1.08. The molecular formula is C23H22N6O3. The standard InChI is InChI=1S/C23H22N6O3/c1-12-17(10-28-22-21(12)26-2-3-32-22)14-6-15-8-20(27-11-18(15)19(25)7-14)29(23(30)31)16-4-13(5-16)9-24/h6-8,10-11,13,16,26H,2-5,25H2,1H3,(H,30,31)/t13-,16-. The van der Waals surface area contributed by atoms with Crippen molar-refractivity contribution < 1.29 is 14.6 Å². The van der Waals surface area contributed by atoms with Crippen molar-refractivity contribution in [3.63, 3.8) is 0 Å². The van der Waals surface area contributed by atoms with Gasteiger partial charge in [-0.25, -0.2) is 14.8 Å². The molecule has 0 bridgehead atoms. The SMILES string of the molecule is Cc1c(-c2cc(N)c3cnc(N(C(=O)O)[C@H]4C[C@H](C#N)C4)cc3c2)cnc2c1NCCO2. The molecule has 1 aliphatic carbocycles. The zero-order valence-corrected chi connectivity index (χ0v) is 17.5. The normalized spacial score (nSPS) is 19.1. The summed E-state index contributed by atoms with van der Waals surface area (Å²) in [5, 5.41) is 23.7. The van der Waals surface area contributed by atoms with E-state index in [0.29, 0.717) is 43.4 Å². The molecule has 0 atom stereocenters. The maximum absolute atomic E-state index is 12.0. The average molecular weight is 430 g/mol. The molecule has 2 aliphatic rings. The van der Waals surface area contributed by atoms with Gasteiger partial charge in [0.05, 0.1) is 12.0 Å². The number of amides is 1. The summed E-state index contributed by atoms with van der Waals surface area (Å²) >= 11 is 0. The molecule has 0 radical (unpaired) electrons. The summed E-state index contributed by atoms with van der Waals surface area (Å²) in [5.74, 6) is 0.811. The number of anilines is 3. The second kappa shape index (κ2) is 7.57. The average Bonchev–Trinajstić information content (AvgIpc) is 2.75. The highest BCUT2D eigenvalue weighted by molar-refractivity contribution is 5.99. The van der Waals surface area contributed by atoms with Gasteiger partial charge in [0.2, 0.25) is 5.88 Å². The van der Waals surface area contributed by atoms with Crippen LogP contribution in [0.15, 0.2) is 30.6 Å². The van der Waals surface area contributed by atoms with Crippen molar-refractivity contribution in [2.45, 2.75) is 25.8 Å². The maximum Gasteiger partial charge on any atom is 0.413 e. The van der Waals surface area contributed by atoms with Crippen LogP contribution in [0.4, 0.5) is 22.0 Å². The Morgan fingerprint density at radius 3 is 2.88 bits per heavy atom. The van der Waals surface area contributed by atoms with Crippen LogP contribution >= 0.6 is 0 Å². The number of hydrogen-bond acceptors (Lipinski definition) is 7. The van der Waals surface area contributed by atoms with Gasteiger partial charge >= 0.3 is 6.09 Å². The van der Waals surface area contributed by atoms with Crippen molar-refractivity contribution in [2.75, 3.05) is 29.1 Å². The smallest absolute Gasteiger partial charge is 0.413 e. The van der Waals surface area contributed by atoms with Gasteiger partial charge in [0, 0.05) is 41.6 Å². The monoisotopic (exact) mass is 430 g/mol. The van der Waals surface area contributed by atoms with Gasteiger partial charge in [0.1, 0.15) is 18.1 Å². The van der Waals surface area contributed by atoms with E-state index in [1.54, 1.807) is 18.5 Å². The van der Waals surface area contributed by atoms with E-state index in [4.69, 9.17) is 15.7 Å². The predicted octanol–water partition coefficient (Wildman–Crippen LogP) is 3.78. The third-order valence-electron chi connectivity index (χ3n) is 6.23. The number of hydrogen-bond donors (Lipinski definition) is 3. The van der Waals surface area contributed by atoms with Crippen LogP contribution in [0.5, 0.6) is 5.88 Å². The lowest BCUT2D eigenvalue weighted by atomic mass is 9.80. The first kappa shape index (κ1) is 19.9. The first-order valence-electron chi connectivity index (χ1n) is 10.4. The number of nitrogens with zero attached hydrogens (tertiary/aromatic N) is 4. The van der Waals surface area contributed by atoms with Gasteiger partial charge in [0.15, 0.2) is 0 Å². The van der Waals surface area contributed by atoms with E-state index in [1.165, 1.54) is 4.90 Å². The number of rotatable bonds is 3. The highest BCUT2D eigenvalue weighted by Crippen LogP contribution is 2.39. The van der Waals surface area contributed by atoms with E-state index in [1.807, 2.05) is 19.1 Å². The van der Waals surface area contributed by atoms with Gasteiger partial charge in [-0.3, -0.25) is 4.90 Å². The zero-order valence-electron chi connectivity index (χ0n) is 17.5. The molecule has 1 fully saturated rings. The number of ether oxygens (including phenoxy) is 1. The number of nitrogens with two attached hydrogens (primary N) is 1. The van der Waals surface area contributed by atoms with Crippen LogP contribution in [0, 0.1) is 24.2 Å². The zero-order chi connectivity index (χ0) is 22.4. The third-order valence-corrected chi connectivity index (χ3v) is 6.23. The number of nitrogens with one attached hydrogen (secondary N) is 1. The van der Waals surface area contributed by atoms with Crippen molar-refractivity contribution in [1.82, 2.24) is 9.97 Å². The second-order valence-corrected chi connectivity index (χ2v) is 8.19. The molecule has 0 unspecified atom stereocenters. The summed E-state index contributed by atoms with van der Waals surface area (Å²) < 4.78 is 5.62. The van der Waals surface area contributed by atoms with Crippen molar-refractivity contribution in [2.24, 2.45) is 5.92 Å². The third kappa shape index (κ3) is 3.21. The molecule has 2 aromatic heterocycles. The Labute approximate surface area is 184 Å². The summed E-state index contributed by atoms with van der Waals surface area (Å²) in [5.41, 5.74) is 10.6. The maximum atomic E-state index is 12.0. The van der Waals surface area contributed by atoms with E-state index in [-0.39, 0.29) is 12.0 Å². The summed E-state index contributed by atoms with van der Waals surface area (Å²) in [7, 11) is 0. The van der Waals surface area contributed by atoms with E-state index >= 15 is 0 Å². The Bertz CT molecular complexity index is 1280. The lowest BCUT2D eigenvalue weighted by molar-refractivity contribution is 0.189. The fraction of sp³-hybridized carbons (Fsp3) is 0.304. The van der Waals surface area contributed by atoms with Crippen LogP contribution in [0.1, 0.15) is 18.4 Å². The summed E-state index contributed by atoms with van der Waals surface area (Å²) in [6.45, 7) is 3.30. The Balaban J connectivity index is 1.57. The van der Waals surface area contributed by atoms with Crippen molar-refractivity contribution in [3.05, 3.63) is 36.2 Å². The highest BCUT2D eigenvalue weighted by atomic mass is 16.5. The molecular weight excluding hydrogens is 408 g/mol. The first-order chi connectivity index (χ1) is 15.5. The van der Waals surface area contributed by atoms with Crippen LogP contribution < -0.4 is 20.7 Å². The van der Waals surface area contributed by atoms with Gasteiger partial charge < -0.3 is 20.9 Å². The van der Waals surface area contributed by atoms with Crippen LogP contribution in [0.3, 0.4) is 0 Å².